The predicted octanol–water partition coefficient (Wildman–Crippen LogP) is 0.636. The number of hydrogen-bond donors (Lipinski definition) is 2. The molecule has 2 rings (SSSR count). The smallest absolute Gasteiger partial charge is 0.398 e. The van der Waals surface area contributed by atoms with Crippen molar-refractivity contribution in [3.63, 3.8) is 0 Å². The highest BCUT2D eigenvalue weighted by Gasteiger charge is 2.14. The zero-order chi connectivity index (χ0) is 13.7. The molecule has 7 nitrogen and oxygen atoms in total. The van der Waals surface area contributed by atoms with Crippen LogP contribution < -0.4 is 10.9 Å². The van der Waals surface area contributed by atoms with Gasteiger partial charge in [-0.2, -0.15) is 0 Å². The molecular weight excluding hydrogens is 248 g/mol. The Morgan fingerprint density at radius 2 is 2.05 bits per heavy atom. The number of amides is 1. The Hall–Kier alpha value is -2.70. The molecule has 0 fully saturated rings. The molecule has 7 heteroatoms. The molecule has 0 radical (unpaired) electrons. The topological polar surface area (TPSA) is 93.2 Å². The fourth-order valence-corrected chi connectivity index (χ4v) is 1.47. The summed E-state index contributed by atoms with van der Waals surface area (Å²) >= 11 is 0. The lowest BCUT2D eigenvalue weighted by molar-refractivity contribution is -0.154. The molecule has 0 saturated carbocycles. The Kier molecular flexibility index (Phi) is 3.87. The van der Waals surface area contributed by atoms with Crippen LogP contribution in [0.3, 0.4) is 0 Å². The molecule has 1 amide bonds. The minimum absolute atomic E-state index is 0.142. The number of nitrogens with one attached hydrogen (secondary N) is 2. The number of hydrazine groups is 1. The third kappa shape index (κ3) is 2.95. The molecule has 0 aliphatic heterocycles. The first kappa shape index (κ1) is 12.7. The predicted molar refractivity (Wildman–Crippen MR) is 67.9 cm³/mol. The van der Waals surface area contributed by atoms with Crippen molar-refractivity contribution in [1.29, 1.82) is 0 Å². The van der Waals surface area contributed by atoms with Crippen molar-refractivity contribution in [1.82, 2.24) is 15.4 Å². The van der Waals surface area contributed by atoms with Gasteiger partial charge in [0.15, 0.2) is 5.82 Å². The molecule has 0 spiro atoms. The fraction of sp³-hybridized carbons (Fsp3) is 0.167. The van der Waals surface area contributed by atoms with Crippen molar-refractivity contribution < 1.29 is 14.3 Å². The van der Waals surface area contributed by atoms with Crippen LogP contribution in [0.5, 0.6) is 0 Å². The number of carbonyl (C=O) groups excluding carboxylic acids is 2. The molecule has 0 bridgehead atoms. The van der Waals surface area contributed by atoms with Crippen LogP contribution in [0.4, 0.5) is 5.82 Å². The zero-order valence-corrected chi connectivity index (χ0v) is 10.2. The van der Waals surface area contributed by atoms with Crippen molar-refractivity contribution in [3.8, 4) is 0 Å². The number of benzene rings is 1. The molecule has 1 heterocycles. The monoisotopic (exact) mass is 260 g/mol. The molecule has 1 aromatic heterocycles. The summed E-state index contributed by atoms with van der Waals surface area (Å²) < 4.78 is 4.56. The number of para-hydroxylation sites is 1. The largest absolute Gasteiger partial charge is 0.459 e. The Morgan fingerprint density at radius 1 is 1.26 bits per heavy atom. The molecule has 0 aliphatic carbocycles. The van der Waals surface area contributed by atoms with Crippen molar-refractivity contribution in [2.24, 2.45) is 0 Å². The highest BCUT2D eigenvalue weighted by Crippen LogP contribution is 2.17. The second-order valence-corrected chi connectivity index (χ2v) is 3.54. The standard InChI is InChI=1S/C12H12N4O3/c1-2-19-12(18)11(17)16-15-10-8-5-3-4-6-9(8)13-7-14-10/h3-7H,2H2,1H3,(H,16,17)(H,13,14,15). The van der Waals surface area contributed by atoms with Crippen LogP contribution in [0, 0.1) is 0 Å². The Morgan fingerprint density at radius 3 is 2.84 bits per heavy atom. The summed E-state index contributed by atoms with van der Waals surface area (Å²) in [4.78, 5) is 30.5. The van der Waals surface area contributed by atoms with E-state index in [1.54, 1.807) is 13.0 Å². The fourth-order valence-electron chi connectivity index (χ4n) is 1.47. The van der Waals surface area contributed by atoms with E-state index in [-0.39, 0.29) is 6.61 Å². The number of anilines is 1. The van der Waals surface area contributed by atoms with Gasteiger partial charge in [-0.05, 0) is 19.1 Å². The summed E-state index contributed by atoms with van der Waals surface area (Å²) in [5.74, 6) is -1.43. The molecular formula is C12H12N4O3. The first-order valence-corrected chi connectivity index (χ1v) is 5.65. The van der Waals surface area contributed by atoms with Crippen LogP contribution in [0.2, 0.25) is 0 Å². The van der Waals surface area contributed by atoms with Crippen LogP contribution >= 0.6 is 0 Å². The van der Waals surface area contributed by atoms with Gasteiger partial charge >= 0.3 is 11.9 Å². The van der Waals surface area contributed by atoms with Crippen molar-refractivity contribution in [2.45, 2.75) is 6.92 Å². The van der Waals surface area contributed by atoms with Crippen LogP contribution in [-0.4, -0.2) is 28.5 Å². The number of esters is 1. The second kappa shape index (κ2) is 5.76. The molecule has 0 unspecified atom stereocenters. The van der Waals surface area contributed by atoms with Crippen molar-refractivity contribution >= 4 is 28.6 Å². The van der Waals surface area contributed by atoms with Gasteiger partial charge in [0, 0.05) is 5.39 Å². The summed E-state index contributed by atoms with van der Waals surface area (Å²) in [6.45, 7) is 1.76. The molecule has 19 heavy (non-hydrogen) atoms. The van der Waals surface area contributed by atoms with E-state index in [1.165, 1.54) is 6.33 Å². The highest BCUT2D eigenvalue weighted by atomic mass is 16.5. The third-order valence-corrected chi connectivity index (χ3v) is 2.30. The molecule has 98 valence electrons. The van der Waals surface area contributed by atoms with E-state index in [0.717, 1.165) is 10.9 Å². The zero-order valence-electron chi connectivity index (χ0n) is 10.2. The number of carbonyl (C=O) groups is 2. The van der Waals surface area contributed by atoms with Crippen LogP contribution in [0.15, 0.2) is 30.6 Å². The quantitative estimate of drug-likeness (QED) is 0.478. The van der Waals surface area contributed by atoms with Gasteiger partial charge in [-0.1, -0.05) is 12.1 Å². The van der Waals surface area contributed by atoms with E-state index in [1.807, 2.05) is 18.2 Å². The average molecular weight is 260 g/mol. The number of rotatable bonds is 3. The second-order valence-electron chi connectivity index (χ2n) is 3.54. The summed E-state index contributed by atoms with van der Waals surface area (Å²) in [5, 5.41) is 0.731. The Labute approximate surface area is 109 Å². The van der Waals surface area contributed by atoms with Gasteiger partial charge < -0.3 is 4.74 Å². The van der Waals surface area contributed by atoms with Gasteiger partial charge in [-0.3, -0.25) is 15.6 Å². The Bertz CT molecular complexity index is 609. The minimum Gasteiger partial charge on any atom is -0.459 e. The number of fused-ring (bicyclic) bond motifs is 1. The lowest BCUT2D eigenvalue weighted by Gasteiger charge is -2.08. The van der Waals surface area contributed by atoms with Gasteiger partial charge in [0.25, 0.3) is 0 Å². The third-order valence-electron chi connectivity index (χ3n) is 2.30. The van der Waals surface area contributed by atoms with Crippen LogP contribution in [-0.2, 0) is 14.3 Å². The van der Waals surface area contributed by atoms with Crippen LogP contribution in [0.25, 0.3) is 10.9 Å². The van der Waals surface area contributed by atoms with E-state index in [9.17, 15) is 9.59 Å². The van der Waals surface area contributed by atoms with E-state index < -0.39 is 11.9 Å². The van der Waals surface area contributed by atoms with Gasteiger partial charge in [0.2, 0.25) is 0 Å². The van der Waals surface area contributed by atoms with Crippen molar-refractivity contribution in [3.05, 3.63) is 30.6 Å². The summed E-state index contributed by atoms with van der Waals surface area (Å²) in [5.41, 5.74) is 5.52. The maximum Gasteiger partial charge on any atom is 0.398 e. The van der Waals surface area contributed by atoms with E-state index >= 15 is 0 Å². The minimum atomic E-state index is -0.951. The molecule has 1 aromatic carbocycles. The summed E-state index contributed by atoms with van der Waals surface area (Å²) in [7, 11) is 0. The average Bonchev–Trinajstić information content (AvgIpc) is 2.45. The molecule has 0 aliphatic rings. The van der Waals surface area contributed by atoms with Crippen LogP contribution in [0.1, 0.15) is 6.92 Å². The lowest BCUT2D eigenvalue weighted by atomic mass is 10.2. The maximum atomic E-state index is 11.4. The maximum absolute atomic E-state index is 11.4. The lowest BCUT2D eigenvalue weighted by Crippen LogP contribution is -2.36. The number of hydrogen-bond acceptors (Lipinski definition) is 6. The SMILES string of the molecule is CCOC(=O)C(=O)NNc1ncnc2ccccc12. The first-order chi connectivity index (χ1) is 9.22. The van der Waals surface area contributed by atoms with Gasteiger partial charge in [-0.25, -0.2) is 14.8 Å². The van der Waals surface area contributed by atoms with Gasteiger partial charge in [0.1, 0.15) is 6.33 Å². The molecule has 0 saturated heterocycles. The number of aromatic nitrogens is 2. The number of ether oxygens (including phenoxy) is 1. The van der Waals surface area contributed by atoms with E-state index in [4.69, 9.17) is 0 Å². The molecule has 0 atom stereocenters. The van der Waals surface area contributed by atoms with Gasteiger partial charge in [-0.15, -0.1) is 0 Å². The highest BCUT2D eigenvalue weighted by molar-refractivity contribution is 6.32. The normalized spacial score (nSPS) is 9.95. The van der Waals surface area contributed by atoms with E-state index in [0.29, 0.717) is 5.82 Å². The Balaban J connectivity index is 2.10. The van der Waals surface area contributed by atoms with Crippen molar-refractivity contribution in [2.75, 3.05) is 12.0 Å². The first-order valence-electron chi connectivity index (χ1n) is 5.65. The molecule has 2 aromatic rings. The summed E-state index contributed by atoms with van der Waals surface area (Å²) in [6.07, 6.45) is 1.36. The molecule has 2 N–H and O–H groups in total. The number of nitrogens with zero attached hydrogens (tertiary/aromatic N) is 2. The van der Waals surface area contributed by atoms with E-state index in [2.05, 4.69) is 25.6 Å². The summed E-state index contributed by atoms with van der Waals surface area (Å²) in [6, 6.07) is 7.28. The van der Waals surface area contributed by atoms with Gasteiger partial charge in [0.05, 0.1) is 12.1 Å².